The molecule has 0 amide bonds. The van der Waals surface area contributed by atoms with Crippen molar-refractivity contribution in [1.29, 1.82) is 0 Å². The van der Waals surface area contributed by atoms with Crippen molar-refractivity contribution in [2.45, 2.75) is 32.5 Å². The number of nitrogens with zero attached hydrogens (tertiary/aromatic N) is 5. The molecule has 28 heavy (non-hydrogen) atoms. The summed E-state index contributed by atoms with van der Waals surface area (Å²) < 4.78 is 20.3. The second kappa shape index (κ2) is 7.92. The van der Waals surface area contributed by atoms with Crippen molar-refractivity contribution in [3.63, 3.8) is 0 Å². The van der Waals surface area contributed by atoms with Gasteiger partial charge in [0.15, 0.2) is 0 Å². The van der Waals surface area contributed by atoms with Gasteiger partial charge in [-0.3, -0.25) is 9.67 Å². The summed E-state index contributed by atoms with van der Waals surface area (Å²) in [5.74, 6) is 2.72. The summed E-state index contributed by atoms with van der Waals surface area (Å²) in [7, 11) is 1.89. The van der Waals surface area contributed by atoms with Gasteiger partial charge in [-0.15, -0.1) is 0 Å². The quantitative estimate of drug-likeness (QED) is 0.645. The van der Waals surface area contributed by atoms with E-state index < -0.39 is 6.67 Å². The number of aryl methyl sites for hydroxylation is 2. The van der Waals surface area contributed by atoms with E-state index in [1.54, 1.807) is 16.9 Å². The zero-order valence-electron chi connectivity index (χ0n) is 16.0. The minimum Gasteiger partial charge on any atom is -0.477 e. The third-order valence-electron chi connectivity index (χ3n) is 4.80. The molecule has 1 aliphatic carbocycles. The smallest absolute Gasteiger partial charge is 0.218 e. The molecule has 3 aromatic rings. The fourth-order valence-corrected chi connectivity index (χ4v) is 3.18. The molecule has 0 aromatic carbocycles. The highest BCUT2D eigenvalue weighted by molar-refractivity contribution is 5.39. The van der Waals surface area contributed by atoms with Gasteiger partial charge < -0.3 is 10.1 Å². The average Bonchev–Trinajstić information content (AvgIpc) is 3.36. The van der Waals surface area contributed by atoms with Gasteiger partial charge in [0.2, 0.25) is 5.88 Å². The van der Waals surface area contributed by atoms with Crippen LogP contribution in [-0.2, 0) is 20.3 Å². The lowest BCUT2D eigenvalue weighted by Gasteiger charge is -2.09. The molecule has 4 rings (SSSR count). The Morgan fingerprint density at radius 1 is 1.25 bits per heavy atom. The van der Waals surface area contributed by atoms with E-state index >= 15 is 0 Å². The van der Waals surface area contributed by atoms with Crippen molar-refractivity contribution in [3.05, 3.63) is 59.4 Å². The first-order chi connectivity index (χ1) is 13.6. The lowest BCUT2D eigenvalue weighted by Crippen LogP contribution is -2.07. The van der Waals surface area contributed by atoms with E-state index in [1.807, 2.05) is 38.5 Å². The van der Waals surface area contributed by atoms with Crippen LogP contribution in [0.5, 0.6) is 5.88 Å². The van der Waals surface area contributed by atoms with Crippen LogP contribution in [0.4, 0.5) is 10.2 Å². The van der Waals surface area contributed by atoms with Crippen LogP contribution in [0.15, 0.2) is 36.8 Å². The fourth-order valence-electron chi connectivity index (χ4n) is 3.18. The van der Waals surface area contributed by atoms with Gasteiger partial charge >= 0.3 is 0 Å². The summed E-state index contributed by atoms with van der Waals surface area (Å²) in [5, 5.41) is 7.44. The summed E-state index contributed by atoms with van der Waals surface area (Å²) in [6, 6.07) is 5.52. The van der Waals surface area contributed by atoms with Crippen molar-refractivity contribution in [1.82, 2.24) is 24.7 Å². The molecule has 1 saturated carbocycles. The first-order valence-electron chi connectivity index (χ1n) is 9.31. The maximum Gasteiger partial charge on any atom is 0.218 e. The van der Waals surface area contributed by atoms with E-state index in [9.17, 15) is 4.39 Å². The standard InChI is InChI=1S/C20H23FN6O/c1-13-25-19(23-9-15-10-24-27(2)11-15)6-20(26-13)28-12-16-5-17(16)18-4-3-14(7-21)8-22-18/h3-4,6,8,10-11,16-17H,5,7,9,12H2,1-2H3,(H,23,25,26)/t16-,17?/m1/s1. The molecule has 3 heterocycles. The monoisotopic (exact) mass is 382 g/mol. The molecule has 1 aliphatic rings. The molecular formula is C20H23FN6O. The molecular weight excluding hydrogens is 359 g/mol. The van der Waals surface area contributed by atoms with E-state index in [1.165, 1.54) is 0 Å². The number of hydrogen-bond donors (Lipinski definition) is 1. The third kappa shape index (κ3) is 4.44. The Balaban J connectivity index is 1.31. The predicted octanol–water partition coefficient (Wildman–Crippen LogP) is 3.18. The van der Waals surface area contributed by atoms with Gasteiger partial charge in [-0.05, 0) is 19.4 Å². The SMILES string of the molecule is Cc1nc(NCc2cnn(C)c2)cc(OC[C@H]2CC2c2ccc(CF)cn2)n1. The van der Waals surface area contributed by atoms with Gasteiger partial charge in [-0.1, -0.05) is 6.07 Å². The van der Waals surface area contributed by atoms with Crippen molar-refractivity contribution in [2.24, 2.45) is 13.0 Å². The number of nitrogens with one attached hydrogen (secondary N) is 1. The highest BCUT2D eigenvalue weighted by Gasteiger charge is 2.40. The molecule has 0 radical (unpaired) electrons. The van der Waals surface area contributed by atoms with Crippen molar-refractivity contribution < 1.29 is 9.13 Å². The summed E-state index contributed by atoms with van der Waals surface area (Å²) in [5.41, 5.74) is 2.69. The van der Waals surface area contributed by atoms with Crippen LogP contribution in [0, 0.1) is 12.8 Å². The first-order valence-corrected chi connectivity index (χ1v) is 9.31. The Bertz CT molecular complexity index is 942. The topological polar surface area (TPSA) is 77.8 Å². The molecule has 0 bridgehead atoms. The van der Waals surface area contributed by atoms with Gasteiger partial charge in [0, 0.05) is 60.7 Å². The molecule has 0 saturated heterocycles. The number of aromatic nitrogens is 5. The van der Waals surface area contributed by atoms with Gasteiger partial charge in [-0.2, -0.15) is 10.1 Å². The Labute approximate surface area is 163 Å². The number of pyridine rings is 1. The summed E-state index contributed by atoms with van der Waals surface area (Å²) in [6.07, 6.45) is 6.41. The molecule has 7 nitrogen and oxygen atoms in total. The minimum absolute atomic E-state index is 0.375. The van der Waals surface area contributed by atoms with Crippen molar-refractivity contribution in [2.75, 3.05) is 11.9 Å². The number of halogens is 1. The fraction of sp³-hybridized carbons (Fsp3) is 0.400. The molecule has 0 spiro atoms. The highest BCUT2D eigenvalue weighted by atomic mass is 19.1. The Hall–Kier alpha value is -3.03. The molecule has 8 heteroatoms. The number of alkyl halides is 1. The largest absolute Gasteiger partial charge is 0.477 e. The zero-order valence-corrected chi connectivity index (χ0v) is 16.0. The van der Waals surface area contributed by atoms with Crippen LogP contribution in [-0.4, -0.2) is 31.3 Å². The molecule has 1 fully saturated rings. The number of ether oxygens (including phenoxy) is 1. The lowest BCUT2D eigenvalue weighted by molar-refractivity contribution is 0.284. The Morgan fingerprint density at radius 2 is 2.14 bits per heavy atom. The zero-order chi connectivity index (χ0) is 19.5. The van der Waals surface area contributed by atoms with E-state index in [0.717, 1.165) is 23.5 Å². The van der Waals surface area contributed by atoms with Gasteiger partial charge in [0.1, 0.15) is 18.3 Å². The number of hydrogen-bond acceptors (Lipinski definition) is 6. The van der Waals surface area contributed by atoms with Crippen LogP contribution >= 0.6 is 0 Å². The van der Waals surface area contributed by atoms with E-state index in [0.29, 0.717) is 42.3 Å². The third-order valence-corrected chi connectivity index (χ3v) is 4.80. The average molecular weight is 382 g/mol. The molecule has 3 aromatic heterocycles. The van der Waals surface area contributed by atoms with Crippen molar-refractivity contribution in [3.8, 4) is 5.88 Å². The number of anilines is 1. The maximum atomic E-state index is 12.6. The lowest BCUT2D eigenvalue weighted by atomic mass is 10.2. The van der Waals surface area contributed by atoms with Gasteiger partial charge in [0.25, 0.3) is 0 Å². The molecule has 1 N–H and O–H groups in total. The van der Waals surface area contributed by atoms with Crippen LogP contribution in [0.2, 0.25) is 0 Å². The van der Waals surface area contributed by atoms with Gasteiger partial charge in [0.05, 0.1) is 12.8 Å². The maximum absolute atomic E-state index is 12.6. The summed E-state index contributed by atoms with van der Waals surface area (Å²) >= 11 is 0. The molecule has 146 valence electrons. The molecule has 1 unspecified atom stereocenters. The summed E-state index contributed by atoms with van der Waals surface area (Å²) in [6.45, 7) is 2.58. The second-order valence-electron chi connectivity index (χ2n) is 7.15. The minimum atomic E-state index is -0.477. The second-order valence-corrected chi connectivity index (χ2v) is 7.15. The van der Waals surface area contributed by atoms with E-state index in [2.05, 4.69) is 25.4 Å². The Morgan fingerprint density at radius 3 is 2.86 bits per heavy atom. The highest BCUT2D eigenvalue weighted by Crippen LogP contribution is 2.46. The van der Waals surface area contributed by atoms with Crippen LogP contribution in [0.3, 0.4) is 0 Å². The van der Waals surface area contributed by atoms with E-state index in [-0.39, 0.29) is 0 Å². The first kappa shape index (κ1) is 18.3. The van der Waals surface area contributed by atoms with Gasteiger partial charge in [-0.25, -0.2) is 9.37 Å². The van der Waals surface area contributed by atoms with E-state index in [4.69, 9.17) is 4.74 Å². The number of rotatable bonds is 8. The normalized spacial score (nSPS) is 18.1. The van der Waals surface area contributed by atoms with Crippen molar-refractivity contribution >= 4 is 5.82 Å². The molecule has 2 atom stereocenters. The van der Waals surface area contributed by atoms with Crippen LogP contribution in [0.1, 0.15) is 35.0 Å². The van der Waals surface area contributed by atoms with Crippen LogP contribution < -0.4 is 10.1 Å². The molecule has 0 aliphatic heterocycles. The predicted molar refractivity (Wildman–Crippen MR) is 103 cm³/mol. The Kier molecular flexibility index (Phi) is 5.18. The summed E-state index contributed by atoms with van der Waals surface area (Å²) in [4.78, 5) is 13.1. The van der Waals surface area contributed by atoms with Crippen LogP contribution in [0.25, 0.3) is 0 Å².